The van der Waals surface area contributed by atoms with Gasteiger partial charge >= 0.3 is 0 Å². The Morgan fingerprint density at radius 1 is 1.27 bits per heavy atom. The number of ketones is 1. The molecule has 0 unspecified atom stereocenters. The van der Waals surface area contributed by atoms with Gasteiger partial charge in [-0.25, -0.2) is 0 Å². The van der Waals surface area contributed by atoms with Gasteiger partial charge in [-0.1, -0.05) is 43.4 Å². The molecule has 0 N–H and O–H groups in total. The molecule has 0 radical (unpaired) electrons. The number of carbonyl (C=O) groups excluding carboxylic acids is 1. The third kappa shape index (κ3) is 4.62. The molecule has 78 valence electrons. The van der Waals surface area contributed by atoms with Crippen LogP contribution < -0.4 is 0 Å². The minimum absolute atomic E-state index is 0.0383. The monoisotopic (exact) mass is 216 g/mol. The van der Waals surface area contributed by atoms with E-state index in [9.17, 15) is 4.79 Å². The molecule has 0 saturated carbocycles. The van der Waals surface area contributed by atoms with Gasteiger partial charge in [-0.2, -0.15) is 0 Å². The molecule has 1 rings (SSSR count). The van der Waals surface area contributed by atoms with Crippen LogP contribution in [0.1, 0.15) is 12.5 Å². The summed E-state index contributed by atoms with van der Waals surface area (Å²) in [4.78, 5) is 10.8. The first kappa shape index (κ1) is 11.7. The Balaban J connectivity index is 2.74. The Morgan fingerprint density at radius 2 is 1.87 bits per heavy atom. The zero-order chi connectivity index (χ0) is 11.3. The zero-order valence-corrected chi connectivity index (χ0v) is 10.5. The molecule has 2 heteroatoms. The van der Waals surface area contributed by atoms with E-state index in [1.807, 2.05) is 18.2 Å². The smallest absolute Gasteiger partial charge is 0.201 e. The van der Waals surface area contributed by atoms with Gasteiger partial charge in [0.15, 0.2) is 0 Å². The topological polar surface area (TPSA) is 17.1 Å². The SMILES string of the molecule is CC(=O)C#C[Si](C)(C)Cc1ccccc1. The molecular formula is C13H16OSi. The quantitative estimate of drug-likeness (QED) is 0.548. The van der Waals surface area contributed by atoms with Crippen LogP contribution in [0.4, 0.5) is 0 Å². The lowest BCUT2D eigenvalue weighted by Gasteiger charge is -2.14. The summed E-state index contributed by atoms with van der Waals surface area (Å²) >= 11 is 0. The molecule has 0 aliphatic carbocycles. The molecule has 0 amide bonds. The van der Waals surface area contributed by atoms with E-state index in [-0.39, 0.29) is 5.78 Å². The minimum atomic E-state index is -1.59. The second-order valence-corrected chi connectivity index (χ2v) is 8.72. The first-order valence-corrected chi connectivity index (χ1v) is 8.28. The minimum Gasteiger partial charge on any atom is -0.285 e. The molecule has 0 saturated heterocycles. The number of benzene rings is 1. The van der Waals surface area contributed by atoms with Crippen LogP contribution in [0.3, 0.4) is 0 Å². The second kappa shape index (κ2) is 4.95. The lowest BCUT2D eigenvalue weighted by Crippen LogP contribution is -2.27. The lowest BCUT2D eigenvalue weighted by molar-refractivity contribution is -0.111. The van der Waals surface area contributed by atoms with Gasteiger partial charge in [-0.15, -0.1) is 5.54 Å². The maximum Gasteiger partial charge on any atom is 0.201 e. The van der Waals surface area contributed by atoms with Crippen molar-refractivity contribution in [1.82, 2.24) is 0 Å². The predicted molar refractivity (Wildman–Crippen MR) is 66.1 cm³/mol. The molecular weight excluding hydrogens is 200 g/mol. The fourth-order valence-corrected chi connectivity index (χ4v) is 3.27. The van der Waals surface area contributed by atoms with Crippen molar-refractivity contribution < 1.29 is 4.79 Å². The summed E-state index contributed by atoms with van der Waals surface area (Å²) in [7, 11) is -1.59. The molecule has 0 aliphatic rings. The van der Waals surface area contributed by atoms with Crippen LogP contribution in [0.25, 0.3) is 0 Å². The van der Waals surface area contributed by atoms with Crippen LogP contribution in [0.5, 0.6) is 0 Å². The highest BCUT2D eigenvalue weighted by Crippen LogP contribution is 2.10. The van der Waals surface area contributed by atoms with Crippen LogP contribution in [-0.2, 0) is 10.8 Å². The lowest BCUT2D eigenvalue weighted by atomic mass is 10.2. The third-order valence-corrected chi connectivity index (χ3v) is 4.16. The van der Waals surface area contributed by atoms with E-state index < -0.39 is 8.07 Å². The van der Waals surface area contributed by atoms with Gasteiger partial charge in [0.05, 0.1) is 0 Å². The van der Waals surface area contributed by atoms with E-state index in [0.29, 0.717) is 0 Å². The summed E-state index contributed by atoms with van der Waals surface area (Å²) in [6, 6.07) is 11.3. The highest BCUT2D eigenvalue weighted by Gasteiger charge is 2.18. The Morgan fingerprint density at radius 3 is 2.40 bits per heavy atom. The first-order chi connectivity index (χ1) is 6.99. The normalized spacial score (nSPS) is 10.3. The summed E-state index contributed by atoms with van der Waals surface area (Å²) < 4.78 is 0. The van der Waals surface area contributed by atoms with Crippen LogP contribution in [0, 0.1) is 11.5 Å². The van der Waals surface area contributed by atoms with Gasteiger partial charge in [0.2, 0.25) is 5.78 Å². The first-order valence-electron chi connectivity index (χ1n) is 5.07. The van der Waals surface area contributed by atoms with Crippen molar-refractivity contribution in [2.45, 2.75) is 26.1 Å². The fraction of sp³-hybridized carbons (Fsp3) is 0.308. The Hall–Kier alpha value is -1.33. The van der Waals surface area contributed by atoms with Gasteiger partial charge in [-0.05, 0) is 17.5 Å². The maximum atomic E-state index is 10.8. The summed E-state index contributed by atoms with van der Waals surface area (Å²) in [5.74, 6) is 2.64. The Bertz CT molecular complexity index is 396. The van der Waals surface area contributed by atoms with Crippen LogP contribution in [-0.4, -0.2) is 13.9 Å². The van der Waals surface area contributed by atoms with Gasteiger partial charge in [-0.3, -0.25) is 4.79 Å². The maximum absolute atomic E-state index is 10.8. The summed E-state index contributed by atoms with van der Waals surface area (Å²) in [5.41, 5.74) is 4.46. The molecule has 0 bridgehead atoms. The number of carbonyl (C=O) groups is 1. The number of rotatable bonds is 2. The van der Waals surface area contributed by atoms with Crippen molar-refractivity contribution in [3.05, 3.63) is 35.9 Å². The van der Waals surface area contributed by atoms with E-state index in [0.717, 1.165) is 6.04 Å². The Labute approximate surface area is 92.5 Å². The Kier molecular flexibility index (Phi) is 3.87. The van der Waals surface area contributed by atoms with Crippen LogP contribution in [0.15, 0.2) is 30.3 Å². The molecule has 1 aromatic rings. The average molecular weight is 216 g/mol. The molecule has 0 atom stereocenters. The van der Waals surface area contributed by atoms with Gasteiger partial charge < -0.3 is 0 Å². The molecule has 0 spiro atoms. The molecule has 15 heavy (non-hydrogen) atoms. The predicted octanol–water partition coefficient (Wildman–Crippen LogP) is 2.61. The van der Waals surface area contributed by atoms with Crippen molar-refractivity contribution in [2.24, 2.45) is 0 Å². The fourth-order valence-electron chi connectivity index (χ4n) is 1.41. The molecule has 1 nitrogen and oxygen atoms in total. The largest absolute Gasteiger partial charge is 0.285 e. The van der Waals surface area contributed by atoms with Crippen molar-refractivity contribution in [1.29, 1.82) is 0 Å². The highest BCUT2D eigenvalue weighted by molar-refractivity contribution is 6.84. The zero-order valence-electron chi connectivity index (χ0n) is 9.50. The van der Waals surface area contributed by atoms with Crippen molar-refractivity contribution in [2.75, 3.05) is 0 Å². The van der Waals surface area contributed by atoms with Crippen LogP contribution >= 0.6 is 0 Å². The van der Waals surface area contributed by atoms with E-state index in [1.54, 1.807) is 0 Å². The molecule has 0 aliphatic heterocycles. The molecule has 1 aromatic carbocycles. The van der Waals surface area contributed by atoms with Crippen molar-refractivity contribution in [3.63, 3.8) is 0 Å². The third-order valence-electron chi connectivity index (χ3n) is 2.07. The molecule has 0 heterocycles. The van der Waals surface area contributed by atoms with Gasteiger partial charge in [0.25, 0.3) is 0 Å². The van der Waals surface area contributed by atoms with E-state index in [4.69, 9.17) is 0 Å². The summed E-state index contributed by atoms with van der Waals surface area (Å²) in [6.45, 7) is 5.89. The second-order valence-electron chi connectivity index (χ2n) is 4.35. The van der Waals surface area contributed by atoms with Gasteiger partial charge in [0.1, 0.15) is 8.07 Å². The standard InChI is InChI=1S/C13H16OSi/c1-12(14)9-10-15(2,3)11-13-7-5-4-6-8-13/h4-8H,11H2,1-3H3. The summed E-state index contributed by atoms with van der Waals surface area (Å²) in [5, 5.41) is 0. The van der Waals surface area contributed by atoms with E-state index >= 15 is 0 Å². The highest BCUT2D eigenvalue weighted by atomic mass is 28.3. The number of hydrogen-bond donors (Lipinski definition) is 0. The average Bonchev–Trinajstić information content (AvgIpc) is 2.16. The van der Waals surface area contributed by atoms with E-state index in [2.05, 4.69) is 36.7 Å². The van der Waals surface area contributed by atoms with Crippen LogP contribution in [0.2, 0.25) is 13.1 Å². The van der Waals surface area contributed by atoms with Gasteiger partial charge in [0, 0.05) is 6.92 Å². The number of hydrogen-bond acceptors (Lipinski definition) is 1. The summed E-state index contributed by atoms with van der Waals surface area (Å²) in [6.07, 6.45) is 0. The molecule has 0 fully saturated rings. The van der Waals surface area contributed by atoms with Crippen molar-refractivity contribution in [3.8, 4) is 11.5 Å². The molecule has 0 aromatic heterocycles. The van der Waals surface area contributed by atoms with E-state index in [1.165, 1.54) is 12.5 Å². The number of Topliss-reactive ketones (excluding diaryl/α,β-unsaturated/α-hetero) is 1. The van der Waals surface area contributed by atoms with Crippen molar-refractivity contribution >= 4 is 13.9 Å².